The molecule has 4 rings (SSSR count). The summed E-state index contributed by atoms with van der Waals surface area (Å²) in [7, 11) is 0. The summed E-state index contributed by atoms with van der Waals surface area (Å²) in [5.41, 5.74) is 1.03. The molecule has 0 saturated heterocycles. The fourth-order valence-corrected chi connectivity index (χ4v) is 2.72. The van der Waals surface area contributed by atoms with Crippen molar-refractivity contribution in [3.63, 3.8) is 0 Å². The van der Waals surface area contributed by atoms with Crippen molar-refractivity contribution in [1.82, 2.24) is 30.0 Å². The highest BCUT2D eigenvalue weighted by atomic mass is 19.1. The molecule has 0 unspecified atom stereocenters. The second-order valence-electron chi connectivity index (χ2n) is 6.18. The van der Waals surface area contributed by atoms with Crippen molar-refractivity contribution in [1.29, 1.82) is 0 Å². The molecule has 0 radical (unpaired) electrons. The average molecular weight is 408 g/mol. The standard InChI is InChI=1S/C18H13FN8O3/c1-11-21-23-24-26(11)17-10-12(2-7-15(17)19)20-18(28)16-8-9-25(22-16)13-3-5-14(6-4-13)27(29)30/h2-10H,1H3,(H,20,28). The number of aromatic nitrogens is 6. The molecule has 0 aliphatic heterocycles. The summed E-state index contributed by atoms with van der Waals surface area (Å²) in [6.07, 6.45) is 1.55. The van der Waals surface area contributed by atoms with Crippen LogP contribution < -0.4 is 5.32 Å². The highest BCUT2D eigenvalue weighted by Gasteiger charge is 2.15. The van der Waals surface area contributed by atoms with Gasteiger partial charge in [-0.25, -0.2) is 9.07 Å². The molecule has 0 aliphatic rings. The minimum atomic E-state index is -0.550. The number of carbonyl (C=O) groups excluding carboxylic acids is 1. The van der Waals surface area contributed by atoms with Crippen LogP contribution in [0.3, 0.4) is 0 Å². The van der Waals surface area contributed by atoms with Gasteiger partial charge in [0.05, 0.1) is 10.6 Å². The van der Waals surface area contributed by atoms with E-state index in [1.165, 1.54) is 57.9 Å². The number of hydrogen-bond acceptors (Lipinski definition) is 7. The van der Waals surface area contributed by atoms with Crippen molar-refractivity contribution in [3.05, 3.63) is 82.2 Å². The van der Waals surface area contributed by atoms with Gasteiger partial charge < -0.3 is 5.32 Å². The van der Waals surface area contributed by atoms with Gasteiger partial charge in [0, 0.05) is 24.0 Å². The van der Waals surface area contributed by atoms with Crippen molar-refractivity contribution in [3.8, 4) is 11.4 Å². The quantitative estimate of drug-likeness (QED) is 0.396. The van der Waals surface area contributed by atoms with Gasteiger partial charge in [-0.2, -0.15) is 9.78 Å². The molecule has 0 bridgehead atoms. The van der Waals surface area contributed by atoms with E-state index in [1.54, 1.807) is 13.1 Å². The largest absolute Gasteiger partial charge is 0.321 e. The van der Waals surface area contributed by atoms with Gasteiger partial charge in [0.2, 0.25) is 0 Å². The lowest BCUT2D eigenvalue weighted by Gasteiger charge is -2.08. The molecule has 2 aromatic heterocycles. The number of tetrazole rings is 1. The Bertz CT molecular complexity index is 1250. The first-order chi connectivity index (χ1) is 14.4. The average Bonchev–Trinajstić information content (AvgIpc) is 3.39. The normalized spacial score (nSPS) is 10.7. The van der Waals surface area contributed by atoms with Crippen LogP contribution in [0.5, 0.6) is 0 Å². The molecular formula is C18H13FN8O3. The van der Waals surface area contributed by atoms with Crippen molar-refractivity contribution in [2.45, 2.75) is 6.92 Å². The summed E-state index contributed by atoms with van der Waals surface area (Å²) < 4.78 is 16.8. The lowest BCUT2D eigenvalue weighted by Crippen LogP contribution is -2.14. The first kappa shape index (κ1) is 18.9. The molecular weight excluding hydrogens is 395 g/mol. The van der Waals surface area contributed by atoms with E-state index in [9.17, 15) is 19.3 Å². The number of aryl methyl sites for hydroxylation is 1. The molecule has 12 heteroatoms. The number of benzene rings is 2. The number of nitro groups is 1. The number of non-ortho nitro benzene ring substituents is 1. The number of nitrogens with zero attached hydrogens (tertiary/aromatic N) is 7. The molecule has 30 heavy (non-hydrogen) atoms. The van der Waals surface area contributed by atoms with Crippen molar-refractivity contribution < 1.29 is 14.1 Å². The predicted molar refractivity (Wildman–Crippen MR) is 102 cm³/mol. The minimum Gasteiger partial charge on any atom is -0.321 e. The monoisotopic (exact) mass is 408 g/mol. The van der Waals surface area contributed by atoms with Crippen LogP contribution in [0, 0.1) is 22.9 Å². The third kappa shape index (κ3) is 3.61. The Morgan fingerprint density at radius 3 is 2.60 bits per heavy atom. The smallest absolute Gasteiger partial charge is 0.276 e. The summed E-state index contributed by atoms with van der Waals surface area (Å²) in [5, 5.41) is 28.5. The number of rotatable bonds is 5. The number of halogens is 1. The Morgan fingerprint density at radius 2 is 1.93 bits per heavy atom. The Balaban J connectivity index is 1.54. The zero-order chi connectivity index (χ0) is 21.3. The number of hydrogen-bond donors (Lipinski definition) is 1. The number of anilines is 1. The van der Waals surface area contributed by atoms with Crippen molar-refractivity contribution in [2.24, 2.45) is 0 Å². The Morgan fingerprint density at radius 1 is 1.17 bits per heavy atom. The summed E-state index contributed by atoms with van der Waals surface area (Å²) in [5.74, 6) is -0.674. The molecule has 2 heterocycles. The Labute approximate surface area is 167 Å². The lowest BCUT2D eigenvalue weighted by molar-refractivity contribution is -0.384. The molecule has 11 nitrogen and oxygen atoms in total. The van der Waals surface area contributed by atoms with Crippen LogP contribution in [0.2, 0.25) is 0 Å². The van der Waals surface area contributed by atoms with E-state index in [1.807, 2.05) is 0 Å². The third-order valence-electron chi connectivity index (χ3n) is 4.20. The maximum absolute atomic E-state index is 14.2. The van der Waals surface area contributed by atoms with Gasteiger partial charge in [-0.05, 0) is 53.7 Å². The molecule has 0 fully saturated rings. The zero-order valence-electron chi connectivity index (χ0n) is 15.4. The molecule has 4 aromatic rings. The fraction of sp³-hybridized carbons (Fsp3) is 0.0556. The van der Waals surface area contributed by atoms with Gasteiger partial charge in [-0.3, -0.25) is 14.9 Å². The van der Waals surface area contributed by atoms with Crippen molar-refractivity contribution >= 4 is 17.3 Å². The Hall–Kier alpha value is -4.48. The lowest BCUT2D eigenvalue weighted by atomic mass is 10.2. The predicted octanol–water partition coefficient (Wildman–Crippen LogP) is 2.46. The topological polar surface area (TPSA) is 134 Å². The summed E-state index contributed by atoms with van der Waals surface area (Å²) >= 11 is 0. The molecule has 150 valence electrons. The van der Waals surface area contributed by atoms with Crippen LogP contribution in [-0.2, 0) is 0 Å². The number of amides is 1. The van der Waals surface area contributed by atoms with Crippen LogP contribution in [0.4, 0.5) is 15.8 Å². The van der Waals surface area contributed by atoms with E-state index in [0.717, 1.165) is 0 Å². The Kier molecular flexibility index (Phi) is 4.72. The molecule has 0 spiro atoms. The molecule has 0 saturated carbocycles. The molecule has 1 amide bonds. The van der Waals surface area contributed by atoms with E-state index >= 15 is 0 Å². The molecule has 0 aliphatic carbocycles. The number of nitro benzene ring substituents is 1. The van der Waals surface area contributed by atoms with Gasteiger partial charge in [-0.15, -0.1) is 5.10 Å². The van der Waals surface area contributed by atoms with E-state index < -0.39 is 16.6 Å². The highest BCUT2D eigenvalue weighted by Crippen LogP contribution is 2.20. The van der Waals surface area contributed by atoms with E-state index in [4.69, 9.17) is 0 Å². The van der Waals surface area contributed by atoms with E-state index in [0.29, 0.717) is 17.2 Å². The molecule has 2 aromatic carbocycles. The van der Waals surface area contributed by atoms with Gasteiger partial charge in [-0.1, -0.05) is 0 Å². The second-order valence-corrected chi connectivity index (χ2v) is 6.18. The fourth-order valence-electron chi connectivity index (χ4n) is 2.72. The second kappa shape index (κ2) is 7.50. The maximum Gasteiger partial charge on any atom is 0.276 e. The number of nitrogens with one attached hydrogen (secondary N) is 1. The van der Waals surface area contributed by atoms with E-state index in [-0.39, 0.29) is 17.1 Å². The van der Waals surface area contributed by atoms with Gasteiger partial charge >= 0.3 is 0 Å². The van der Waals surface area contributed by atoms with Crippen LogP contribution >= 0.6 is 0 Å². The number of carbonyl (C=O) groups is 1. The van der Waals surface area contributed by atoms with Crippen LogP contribution in [0.1, 0.15) is 16.3 Å². The van der Waals surface area contributed by atoms with Crippen molar-refractivity contribution in [2.75, 3.05) is 5.32 Å². The first-order valence-electron chi connectivity index (χ1n) is 8.59. The highest BCUT2D eigenvalue weighted by molar-refractivity contribution is 6.02. The SMILES string of the molecule is Cc1nnnn1-c1cc(NC(=O)c2ccn(-c3ccc([N+](=O)[O-])cc3)n2)ccc1F. The van der Waals surface area contributed by atoms with E-state index in [2.05, 4.69) is 25.9 Å². The molecule has 0 atom stereocenters. The van der Waals surface area contributed by atoms with Crippen LogP contribution in [0.25, 0.3) is 11.4 Å². The van der Waals surface area contributed by atoms with Crippen LogP contribution in [0.15, 0.2) is 54.7 Å². The zero-order valence-corrected chi connectivity index (χ0v) is 15.4. The third-order valence-corrected chi connectivity index (χ3v) is 4.20. The van der Waals surface area contributed by atoms with Crippen LogP contribution in [-0.4, -0.2) is 40.8 Å². The van der Waals surface area contributed by atoms with Gasteiger partial charge in [0.1, 0.15) is 11.5 Å². The maximum atomic E-state index is 14.2. The van der Waals surface area contributed by atoms with Gasteiger partial charge in [0.15, 0.2) is 11.5 Å². The summed E-state index contributed by atoms with van der Waals surface area (Å²) in [6.45, 7) is 1.62. The van der Waals surface area contributed by atoms with Gasteiger partial charge in [0.25, 0.3) is 11.6 Å². The molecule has 1 N–H and O–H groups in total. The first-order valence-corrected chi connectivity index (χ1v) is 8.59. The summed E-state index contributed by atoms with van der Waals surface area (Å²) in [4.78, 5) is 22.8. The summed E-state index contributed by atoms with van der Waals surface area (Å²) in [6, 6.07) is 11.2. The minimum absolute atomic E-state index is 0.0474.